The lowest BCUT2D eigenvalue weighted by Gasteiger charge is -2.05. The fourth-order valence-electron chi connectivity index (χ4n) is 0.633. The third kappa shape index (κ3) is 4.87. The molecule has 2 N–H and O–H groups in total. The molecule has 0 saturated carbocycles. The average Bonchev–Trinajstić information content (AvgIpc) is 1.98. The lowest BCUT2D eigenvalue weighted by Crippen LogP contribution is -2.17. The van der Waals surface area contributed by atoms with E-state index in [1.165, 1.54) is 0 Å². The van der Waals surface area contributed by atoms with Crippen molar-refractivity contribution in [1.82, 2.24) is 0 Å². The van der Waals surface area contributed by atoms with Crippen molar-refractivity contribution >= 4 is 5.97 Å². The molecular weight excluding hydrogens is 160 g/mol. The van der Waals surface area contributed by atoms with Gasteiger partial charge in [0.25, 0.3) is 0 Å². The van der Waals surface area contributed by atoms with Crippen LogP contribution in [0.3, 0.4) is 0 Å². The topological polar surface area (TPSA) is 66.8 Å². The van der Waals surface area contributed by atoms with Crippen molar-refractivity contribution in [3.63, 3.8) is 0 Å². The Balaban J connectivity index is 3.92. The second-order valence-corrected chi connectivity index (χ2v) is 2.41. The van der Waals surface area contributed by atoms with Crippen LogP contribution >= 0.6 is 0 Å². The predicted molar refractivity (Wildman–Crippen MR) is 43.0 cm³/mol. The van der Waals surface area contributed by atoms with Gasteiger partial charge in [-0.25, -0.2) is 4.79 Å². The minimum atomic E-state index is -2.03. The summed E-state index contributed by atoms with van der Waals surface area (Å²) in [6, 6.07) is 0. The molecule has 0 fully saturated rings. The number of hydrogen-bond acceptors (Lipinski definition) is 4. The average molecular weight is 174 g/mol. The molecule has 0 aromatic carbocycles. The zero-order valence-corrected chi connectivity index (χ0v) is 7.28. The van der Waals surface area contributed by atoms with Crippen molar-refractivity contribution in [3.8, 4) is 0 Å². The maximum atomic E-state index is 10.8. The molecule has 0 amide bonds. The summed E-state index contributed by atoms with van der Waals surface area (Å²) in [5.41, 5.74) is 0.393. The lowest BCUT2D eigenvalue weighted by atomic mass is 10.2. The standard InChI is InChI=1S/C8H14O4/c1-3-4-5-6(2)7(9)12-8(10)11/h5,8,10-11H,3-4H2,1-2H3. The first-order chi connectivity index (χ1) is 5.57. The van der Waals surface area contributed by atoms with Crippen LogP contribution in [0.25, 0.3) is 0 Å². The Hall–Kier alpha value is -0.870. The SMILES string of the molecule is CCCC=C(C)C(=O)OC(O)O. The molecule has 0 rings (SSSR count). The molecule has 0 heterocycles. The van der Waals surface area contributed by atoms with E-state index in [4.69, 9.17) is 10.2 Å². The zero-order chi connectivity index (χ0) is 9.56. The van der Waals surface area contributed by atoms with E-state index in [9.17, 15) is 4.79 Å². The molecule has 0 aliphatic heterocycles. The Bertz CT molecular complexity index is 172. The van der Waals surface area contributed by atoms with Crippen LogP contribution < -0.4 is 0 Å². The number of rotatable bonds is 4. The van der Waals surface area contributed by atoms with Gasteiger partial charge in [0, 0.05) is 5.57 Å². The molecule has 4 nitrogen and oxygen atoms in total. The van der Waals surface area contributed by atoms with Gasteiger partial charge in [0.15, 0.2) is 0 Å². The van der Waals surface area contributed by atoms with E-state index >= 15 is 0 Å². The Morgan fingerprint density at radius 3 is 2.58 bits per heavy atom. The highest BCUT2D eigenvalue weighted by molar-refractivity contribution is 5.87. The molecule has 0 saturated heterocycles. The molecule has 12 heavy (non-hydrogen) atoms. The van der Waals surface area contributed by atoms with Crippen LogP contribution in [0.5, 0.6) is 0 Å². The molecule has 0 spiro atoms. The van der Waals surface area contributed by atoms with E-state index < -0.39 is 12.4 Å². The highest BCUT2D eigenvalue weighted by Gasteiger charge is 2.08. The van der Waals surface area contributed by atoms with Gasteiger partial charge < -0.3 is 14.9 Å². The molecule has 0 unspecified atom stereocenters. The van der Waals surface area contributed by atoms with Gasteiger partial charge in [0.05, 0.1) is 0 Å². The second kappa shape index (κ2) is 5.74. The van der Waals surface area contributed by atoms with Crippen molar-refractivity contribution in [2.75, 3.05) is 0 Å². The summed E-state index contributed by atoms with van der Waals surface area (Å²) in [7, 11) is 0. The zero-order valence-electron chi connectivity index (χ0n) is 7.28. The quantitative estimate of drug-likeness (QED) is 0.371. The van der Waals surface area contributed by atoms with Gasteiger partial charge in [-0.15, -0.1) is 0 Å². The minimum Gasteiger partial charge on any atom is -0.407 e. The van der Waals surface area contributed by atoms with E-state index in [1.807, 2.05) is 6.92 Å². The van der Waals surface area contributed by atoms with Gasteiger partial charge in [0.2, 0.25) is 0 Å². The van der Waals surface area contributed by atoms with Gasteiger partial charge in [-0.3, -0.25) is 0 Å². The summed E-state index contributed by atoms with van der Waals surface area (Å²) in [6.07, 6.45) is 3.42. The fraction of sp³-hybridized carbons (Fsp3) is 0.625. The molecule has 0 aromatic heterocycles. The molecule has 0 aliphatic rings. The Labute approximate surface area is 71.5 Å². The van der Waals surface area contributed by atoms with Crippen LogP contribution in [0.4, 0.5) is 0 Å². The number of hydrogen-bond donors (Lipinski definition) is 2. The fourth-order valence-corrected chi connectivity index (χ4v) is 0.633. The molecule has 70 valence electrons. The molecule has 0 atom stereocenters. The van der Waals surface area contributed by atoms with Gasteiger partial charge in [0.1, 0.15) is 0 Å². The second-order valence-electron chi connectivity index (χ2n) is 2.41. The maximum Gasteiger partial charge on any atom is 0.337 e. The van der Waals surface area contributed by atoms with E-state index in [-0.39, 0.29) is 0 Å². The van der Waals surface area contributed by atoms with E-state index in [0.717, 1.165) is 12.8 Å². The van der Waals surface area contributed by atoms with Crippen LogP contribution in [-0.4, -0.2) is 22.7 Å². The Morgan fingerprint density at radius 2 is 2.17 bits per heavy atom. The molecule has 4 heteroatoms. The lowest BCUT2D eigenvalue weighted by molar-refractivity contribution is -0.226. The first-order valence-electron chi connectivity index (χ1n) is 3.81. The number of carbonyl (C=O) groups is 1. The normalized spacial score (nSPS) is 11.9. The predicted octanol–water partition coefficient (Wildman–Crippen LogP) is 0.544. The summed E-state index contributed by atoms with van der Waals surface area (Å²) in [5.74, 6) is -0.696. The third-order valence-corrected chi connectivity index (χ3v) is 1.27. The van der Waals surface area contributed by atoms with Gasteiger partial charge in [-0.1, -0.05) is 19.4 Å². The number of ether oxygens (including phenoxy) is 1. The van der Waals surface area contributed by atoms with Crippen molar-refractivity contribution in [1.29, 1.82) is 0 Å². The summed E-state index contributed by atoms with van der Waals surface area (Å²) in [5, 5.41) is 16.6. The molecule has 0 aliphatic carbocycles. The smallest absolute Gasteiger partial charge is 0.337 e. The summed E-state index contributed by atoms with van der Waals surface area (Å²) < 4.78 is 4.11. The van der Waals surface area contributed by atoms with E-state index in [2.05, 4.69) is 4.74 Å². The summed E-state index contributed by atoms with van der Waals surface area (Å²) >= 11 is 0. The molecular formula is C8H14O4. The van der Waals surface area contributed by atoms with Crippen LogP contribution in [0, 0.1) is 0 Å². The highest BCUT2D eigenvalue weighted by Crippen LogP contribution is 2.01. The largest absolute Gasteiger partial charge is 0.407 e. The monoisotopic (exact) mass is 174 g/mol. The van der Waals surface area contributed by atoms with Crippen LogP contribution in [0.15, 0.2) is 11.6 Å². The van der Waals surface area contributed by atoms with E-state index in [0.29, 0.717) is 5.57 Å². The number of aliphatic hydroxyl groups excluding tert-OH is 1. The molecule has 0 bridgehead atoms. The van der Waals surface area contributed by atoms with Gasteiger partial charge >= 0.3 is 12.4 Å². The first kappa shape index (κ1) is 11.1. The highest BCUT2D eigenvalue weighted by atomic mass is 16.7. The van der Waals surface area contributed by atoms with Crippen LogP contribution in [-0.2, 0) is 9.53 Å². The van der Waals surface area contributed by atoms with Gasteiger partial charge in [-0.2, -0.15) is 0 Å². The first-order valence-corrected chi connectivity index (χ1v) is 3.81. The van der Waals surface area contributed by atoms with E-state index in [1.54, 1.807) is 13.0 Å². The summed E-state index contributed by atoms with van der Waals surface area (Å²) in [4.78, 5) is 10.8. The van der Waals surface area contributed by atoms with Crippen molar-refractivity contribution < 1.29 is 19.7 Å². The van der Waals surface area contributed by atoms with Crippen LogP contribution in [0.1, 0.15) is 26.7 Å². The van der Waals surface area contributed by atoms with Gasteiger partial charge in [-0.05, 0) is 13.3 Å². The number of allylic oxidation sites excluding steroid dienone is 1. The van der Waals surface area contributed by atoms with Crippen molar-refractivity contribution in [3.05, 3.63) is 11.6 Å². The number of aliphatic hydroxyl groups is 2. The molecule has 0 radical (unpaired) electrons. The number of carbonyl (C=O) groups excluding carboxylic acids is 1. The number of esters is 1. The summed E-state index contributed by atoms with van der Waals surface area (Å²) in [6.45, 7) is 1.53. The Morgan fingerprint density at radius 1 is 1.58 bits per heavy atom. The Kier molecular flexibility index (Phi) is 5.32. The van der Waals surface area contributed by atoms with Crippen molar-refractivity contribution in [2.24, 2.45) is 0 Å². The van der Waals surface area contributed by atoms with Crippen molar-refractivity contribution in [2.45, 2.75) is 33.2 Å². The van der Waals surface area contributed by atoms with Crippen LogP contribution in [0.2, 0.25) is 0 Å². The third-order valence-electron chi connectivity index (χ3n) is 1.27. The number of unbranched alkanes of at least 4 members (excludes halogenated alkanes) is 1. The minimum absolute atomic E-state index is 0.393. The molecule has 0 aromatic rings. The maximum absolute atomic E-state index is 10.8.